The number of nitrogens with zero attached hydrogens (tertiary/aromatic N) is 1. The molecule has 1 atom stereocenters. The highest BCUT2D eigenvalue weighted by atomic mass is 19.3. The summed E-state index contributed by atoms with van der Waals surface area (Å²) in [5.41, 5.74) is 0.805. The zero-order chi connectivity index (χ0) is 13.1. The van der Waals surface area contributed by atoms with Crippen molar-refractivity contribution in [1.29, 1.82) is 0 Å². The number of ether oxygens (including phenoxy) is 1. The number of likely N-dealkylation sites (tertiary alicyclic amines) is 1. The number of aliphatic hydroxyl groups excluding tert-OH is 1. The van der Waals surface area contributed by atoms with Gasteiger partial charge in [0.15, 0.2) is 0 Å². The van der Waals surface area contributed by atoms with Crippen LogP contribution in [0.2, 0.25) is 0 Å². The van der Waals surface area contributed by atoms with Gasteiger partial charge in [0, 0.05) is 13.1 Å². The number of alkyl halides is 2. The van der Waals surface area contributed by atoms with Crippen molar-refractivity contribution in [2.75, 3.05) is 6.54 Å². The third-order valence-corrected chi connectivity index (χ3v) is 2.72. The molecule has 1 N–H and O–H groups in total. The smallest absolute Gasteiger partial charge is 0.387 e. The molecule has 0 spiro atoms. The Labute approximate surface area is 103 Å². The van der Waals surface area contributed by atoms with Gasteiger partial charge in [0.05, 0.1) is 12.5 Å². The number of hydrogen-bond donors (Lipinski definition) is 1. The Morgan fingerprint density at radius 3 is 2.56 bits per heavy atom. The van der Waals surface area contributed by atoms with E-state index >= 15 is 0 Å². The number of benzene rings is 1. The van der Waals surface area contributed by atoms with Gasteiger partial charge in [-0.25, -0.2) is 0 Å². The lowest BCUT2D eigenvalue weighted by Crippen LogP contribution is -2.25. The second-order valence-corrected chi connectivity index (χ2v) is 4.15. The minimum absolute atomic E-state index is 0.0848. The molecule has 0 radical (unpaired) electrons. The van der Waals surface area contributed by atoms with E-state index in [0.29, 0.717) is 13.1 Å². The van der Waals surface area contributed by atoms with Crippen molar-refractivity contribution >= 4 is 5.91 Å². The molecule has 6 heteroatoms. The molecule has 1 heterocycles. The Bertz CT molecular complexity index is 422. The number of amides is 1. The van der Waals surface area contributed by atoms with Gasteiger partial charge in [-0.3, -0.25) is 4.79 Å². The number of carbonyl (C=O) groups excluding carboxylic acids is 1. The third kappa shape index (κ3) is 3.16. The highest BCUT2D eigenvalue weighted by molar-refractivity contribution is 5.79. The van der Waals surface area contributed by atoms with Gasteiger partial charge >= 0.3 is 6.61 Å². The van der Waals surface area contributed by atoms with E-state index in [1.807, 2.05) is 0 Å². The summed E-state index contributed by atoms with van der Waals surface area (Å²) in [7, 11) is 0. The Kier molecular flexibility index (Phi) is 3.76. The molecule has 1 amide bonds. The summed E-state index contributed by atoms with van der Waals surface area (Å²) in [5, 5.41) is 9.33. The van der Waals surface area contributed by atoms with Crippen LogP contribution in [-0.4, -0.2) is 35.2 Å². The summed E-state index contributed by atoms with van der Waals surface area (Å²) in [6.45, 7) is -2.16. The first-order valence-electron chi connectivity index (χ1n) is 5.54. The molecule has 1 aromatic rings. The van der Waals surface area contributed by atoms with Gasteiger partial charge in [0.25, 0.3) is 0 Å². The Morgan fingerprint density at radius 2 is 2.06 bits per heavy atom. The lowest BCUT2D eigenvalue weighted by Gasteiger charge is -2.15. The number of rotatable bonds is 4. The average molecular weight is 257 g/mol. The van der Waals surface area contributed by atoms with Crippen molar-refractivity contribution in [1.82, 2.24) is 4.90 Å². The molecule has 4 nitrogen and oxygen atoms in total. The highest BCUT2D eigenvalue weighted by Gasteiger charge is 2.27. The zero-order valence-corrected chi connectivity index (χ0v) is 9.55. The number of carbonyl (C=O) groups is 1. The van der Waals surface area contributed by atoms with Crippen molar-refractivity contribution in [3.05, 3.63) is 29.8 Å². The summed E-state index contributed by atoms with van der Waals surface area (Å²) < 4.78 is 28.1. The molecule has 1 aromatic carbocycles. The van der Waals surface area contributed by atoms with Crippen LogP contribution in [0.15, 0.2) is 24.3 Å². The van der Waals surface area contributed by atoms with E-state index in [0.717, 1.165) is 5.56 Å². The van der Waals surface area contributed by atoms with Crippen molar-refractivity contribution in [3.63, 3.8) is 0 Å². The van der Waals surface area contributed by atoms with Crippen LogP contribution in [0, 0.1) is 0 Å². The van der Waals surface area contributed by atoms with Crippen LogP contribution in [0.5, 0.6) is 5.75 Å². The number of β-amino-alcohol motifs (C(OH)–C–C–N with tert-alkyl or cyclic N) is 1. The van der Waals surface area contributed by atoms with E-state index < -0.39 is 12.7 Å². The summed E-state index contributed by atoms with van der Waals surface area (Å²) >= 11 is 0. The van der Waals surface area contributed by atoms with Crippen LogP contribution in [0.3, 0.4) is 0 Å². The lowest BCUT2D eigenvalue weighted by atomic mass is 10.2. The minimum atomic E-state index is -2.84. The fraction of sp³-hybridized carbons (Fsp3) is 0.417. The Hall–Kier alpha value is -1.69. The van der Waals surface area contributed by atoms with Crippen LogP contribution < -0.4 is 4.74 Å². The van der Waals surface area contributed by atoms with Crippen LogP contribution >= 0.6 is 0 Å². The molecule has 18 heavy (non-hydrogen) atoms. The van der Waals surface area contributed by atoms with E-state index in [-0.39, 0.29) is 18.1 Å². The fourth-order valence-electron chi connectivity index (χ4n) is 1.90. The molecular weight excluding hydrogens is 244 g/mol. The first-order chi connectivity index (χ1) is 8.54. The van der Waals surface area contributed by atoms with E-state index in [9.17, 15) is 18.7 Å². The molecule has 1 saturated heterocycles. The molecule has 1 aliphatic rings. The highest BCUT2D eigenvalue weighted by Crippen LogP contribution is 2.18. The third-order valence-electron chi connectivity index (χ3n) is 2.72. The van der Waals surface area contributed by atoms with Crippen molar-refractivity contribution in [2.24, 2.45) is 0 Å². The molecule has 98 valence electrons. The van der Waals surface area contributed by atoms with E-state index in [1.54, 1.807) is 12.1 Å². The maximum Gasteiger partial charge on any atom is 0.387 e. The maximum atomic E-state index is 11.9. The predicted molar refractivity (Wildman–Crippen MR) is 59.1 cm³/mol. The average Bonchev–Trinajstić information content (AvgIpc) is 2.59. The first kappa shape index (κ1) is 12.8. The monoisotopic (exact) mass is 257 g/mol. The van der Waals surface area contributed by atoms with Gasteiger partial charge in [-0.1, -0.05) is 12.1 Å². The van der Waals surface area contributed by atoms with E-state index in [2.05, 4.69) is 4.74 Å². The quantitative estimate of drug-likeness (QED) is 0.886. The molecule has 1 unspecified atom stereocenters. The van der Waals surface area contributed by atoms with Crippen molar-refractivity contribution in [3.8, 4) is 5.75 Å². The molecule has 1 aliphatic heterocycles. The first-order valence-corrected chi connectivity index (χ1v) is 5.54. The standard InChI is InChI=1S/C12H13F2NO3/c13-12(14)18-10-3-1-8(2-4-10)6-15-7-9(16)5-11(15)17/h1-4,9,12,16H,5-7H2. The van der Waals surface area contributed by atoms with Gasteiger partial charge in [0.2, 0.25) is 5.91 Å². The molecule has 0 saturated carbocycles. The number of halogens is 2. The summed E-state index contributed by atoms with van der Waals surface area (Å²) in [6.07, 6.45) is -0.467. The predicted octanol–water partition coefficient (Wildman–Crippen LogP) is 1.38. The van der Waals surface area contributed by atoms with E-state index in [1.165, 1.54) is 17.0 Å². The second kappa shape index (κ2) is 5.30. The van der Waals surface area contributed by atoms with Crippen LogP contribution in [0.1, 0.15) is 12.0 Å². The second-order valence-electron chi connectivity index (χ2n) is 4.15. The van der Waals surface area contributed by atoms with Crippen LogP contribution in [-0.2, 0) is 11.3 Å². The summed E-state index contributed by atoms with van der Waals surface area (Å²) in [6, 6.07) is 6.10. The number of hydrogen-bond acceptors (Lipinski definition) is 3. The Morgan fingerprint density at radius 1 is 1.39 bits per heavy atom. The van der Waals surface area contributed by atoms with Crippen molar-refractivity contribution in [2.45, 2.75) is 25.7 Å². The van der Waals surface area contributed by atoms with Gasteiger partial charge in [-0.05, 0) is 17.7 Å². The minimum Gasteiger partial charge on any atom is -0.435 e. The molecule has 1 fully saturated rings. The molecule has 0 aliphatic carbocycles. The molecule has 0 aromatic heterocycles. The topological polar surface area (TPSA) is 49.8 Å². The van der Waals surface area contributed by atoms with Gasteiger partial charge < -0.3 is 14.7 Å². The summed E-state index contributed by atoms with van der Waals surface area (Å²) in [4.78, 5) is 13.0. The lowest BCUT2D eigenvalue weighted by molar-refractivity contribution is -0.128. The molecule has 0 bridgehead atoms. The zero-order valence-electron chi connectivity index (χ0n) is 9.55. The van der Waals surface area contributed by atoms with Gasteiger partial charge in [0.1, 0.15) is 5.75 Å². The maximum absolute atomic E-state index is 11.9. The normalized spacial score (nSPS) is 19.7. The number of aliphatic hydroxyl groups is 1. The van der Waals surface area contributed by atoms with Crippen LogP contribution in [0.4, 0.5) is 8.78 Å². The van der Waals surface area contributed by atoms with Gasteiger partial charge in [-0.2, -0.15) is 8.78 Å². The summed E-state index contributed by atoms with van der Waals surface area (Å²) in [5.74, 6) is -0.0167. The Balaban J connectivity index is 1.96. The molecule has 2 rings (SSSR count). The SMILES string of the molecule is O=C1CC(O)CN1Cc1ccc(OC(F)F)cc1. The van der Waals surface area contributed by atoms with Gasteiger partial charge in [-0.15, -0.1) is 0 Å². The fourth-order valence-corrected chi connectivity index (χ4v) is 1.90. The van der Waals surface area contributed by atoms with E-state index in [4.69, 9.17) is 0 Å². The molecular formula is C12H13F2NO3. The van der Waals surface area contributed by atoms with Crippen molar-refractivity contribution < 1.29 is 23.4 Å². The largest absolute Gasteiger partial charge is 0.435 e. The van der Waals surface area contributed by atoms with Crippen LogP contribution in [0.25, 0.3) is 0 Å².